The molecule has 2 heterocycles. The maximum Gasteiger partial charge on any atom is 0.405 e. The fourth-order valence-electron chi connectivity index (χ4n) is 2.73. The van der Waals surface area contributed by atoms with E-state index in [-0.39, 0.29) is 0 Å². The molecular weight excluding hydrogens is 320 g/mol. The number of nitrogens with one attached hydrogen (secondary N) is 1. The quantitative estimate of drug-likeness (QED) is 0.678. The Morgan fingerprint density at radius 3 is 2.76 bits per heavy atom. The summed E-state index contributed by atoms with van der Waals surface area (Å²) in [5.74, 6) is 0. The van der Waals surface area contributed by atoms with Crippen LogP contribution in [-0.4, -0.2) is 30.9 Å². The molecule has 1 atom stereocenters. The number of rotatable bonds is 4. The van der Waals surface area contributed by atoms with E-state index in [9.17, 15) is 9.90 Å². The van der Waals surface area contributed by atoms with Crippen molar-refractivity contribution in [2.45, 2.75) is 32.4 Å². The second-order valence-corrected chi connectivity index (χ2v) is 6.49. The number of benzene rings is 1. The van der Waals surface area contributed by atoms with Crippen molar-refractivity contribution in [1.82, 2.24) is 19.9 Å². The van der Waals surface area contributed by atoms with Crippen LogP contribution < -0.4 is 5.32 Å². The lowest BCUT2D eigenvalue weighted by Gasteiger charge is -2.20. The largest absolute Gasteiger partial charge is 0.465 e. The zero-order chi connectivity index (χ0) is 18.2. The van der Waals surface area contributed by atoms with Crippen LogP contribution in [0.2, 0.25) is 0 Å². The summed E-state index contributed by atoms with van der Waals surface area (Å²) in [6, 6.07) is 8.80. The van der Waals surface area contributed by atoms with E-state index >= 15 is 0 Å². The molecule has 1 unspecified atom stereocenters. The Morgan fingerprint density at radius 1 is 1.32 bits per heavy atom. The van der Waals surface area contributed by atoms with E-state index in [1.165, 1.54) is 0 Å². The van der Waals surface area contributed by atoms with Crippen LogP contribution in [0, 0.1) is 0 Å². The Hall–Kier alpha value is -2.93. The van der Waals surface area contributed by atoms with Gasteiger partial charge in [0.2, 0.25) is 0 Å². The van der Waals surface area contributed by atoms with Gasteiger partial charge < -0.3 is 15.5 Å². The fourth-order valence-corrected chi connectivity index (χ4v) is 2.73. The second kappa shape index (κ2) is 6.18. The Morgan fingerprint density at radius 2 is 2.08 bits per heavy atom. The molecule has 0 fully saturated rings. The zero-order valence-corrected chi connectivity index (χ0v) is 14.3. The smallest absolute Gasteiger partial charge is 0.405 e. The van der Waals surface area contributed by atoms with Crippen LogP contribution in [0.5, 0.6) is 0 Å². The number of nitrogens with zero attached hydrogens (tertiary/aromatic N) is 3. The van der Waals surface area contributed by atoms with Gasteiger partial charge in [0.1, 0.15) is 0 Å². The summed E-state index contributed by atoms with van der Waals surface area (Å²) in [5.41, 5.74) is 2.55. The van der Waals surface area contributed by atoms with Gasteiger partial charge in [0, 0.05) is 23.5 Å². The summed E-state index contributed by atoms with van der Waals surface area (Å²) in [4.78, 5) is 15.3. The normalized spacial score (nSPS) is 13.0. The summed E-state index contributed by atoms with van der Waals surface area (Å²) in [7, 11) is 0. The van der Waals surface area contributed by atoms with Crippen LogP contribution in [0.3, 0.4) is 0 Å². The van der Waals surface area contributed by atoms with Gasteiger partial charge in [-0.2, -0.15) is 5.10 Å². The lowest BCUT2D eigenvalue weighted by Crippen LogP contribution is -2.25. The van der Waals surface area contributed by atoms with Crippen LogP contribution in [0.4, 0.5) is 4.79 Å². The molecule has 0 spiro atoms. The van der Waals surface area contributed by atoms with Crippen molar-refractivity contribution in [2.24, 2.45) is 0 Å². The van der Waals surface area contributed by atoms with Gasteiger partial charge in [0.25, 0.3) is 0 Å². The summed E-state index contributed by atoms with van der Waals surface area (Å²) < 4.78 is 1.64. The Labute approximate surface area is 145 Å². The number of aliphatic hydroxyl groups is 1. The van der Waals surface area contributed by atoms with Gasteiger partial charge in [-0.15, -0.1) is 0 Å². The number of carboxylic acid groups (broad SMARTS) is 1. The van der Waals surface area contributed by atoms with Crippen LogP contribution in [0.25, 0.3) is 16.9 Å². The molecule has 1 aromatic carbocycles. The average Bonchev–Trinajstić information content (AvgIpc) is 2.99. The van der Waals surface area contributed by atoms with E-state index in [2.05, 4.69) is 15.4 Å². The minimum Gasteiger partial charge on any atom is -0.465 e. The zero-order valence-electron chi connectivity index (χ0n) is 14.3. The van der Waals surface area contributed by atoms with Gasteiger partial charge in [0.05, 0.1) is 17.3 Å². The molecule has 2 aromatic heterocycles. The first kappa shape index (κ1) is 16.9. The molecule has 25 heavy (non-hydrogen) atoms. The van der Waals surface area contributed by atoms with Crippen molar-refractivity contribution < 1.29 is 15.0 Å². The van der Waals surface area contributed by atoms with Crippen molar-refractivity contribution in [2.75, 3.05) is 0 Å². The molecule has 3 aromatic rings. The molecule has 7 heteroatoms. The van der Waals surface area contributed by atoms with Crippen molar-refractivity contribution in [3.8, 4) is 11.3 Å². The predicted octanol–water partition coefficient (Wildman–Crippen LogP) is 2.95. The van der Waals surface area contributed by atoms with Crippen molar-refractivity contribution in [1.29, 1.82) is 0 Å². The first-order valence-corrected chi connectivity index (χ1v) is 7.93. The molecule has 0 aliphatic carbocycles. The minimum absolute atomic E-state index is 0.465. The summed E-state index contributed by atoms with van der Waals surface area (Å²) in [6.07, 6.45) is 2.27. The van der Waals surface area contributed by atoms with E-state index in [0.717, 1.165) is 11.1 Å². The highest BCUT2D eigenvalue weighted by atomic mass is 16.4. The van der Waals surface area contributed by atoms with E-state index in [0.29, 0.717) is 16.9 Å². The van der Waals surface area contributed by atoms with Crippen molar-refractivity contribution in [3.63, 3.8) is 0 Å². The minimum atomic E-state index is -1.10. The Balaban J connectivity index is 2.18. The molecule has 7 nitrogen and oxygen atoms in total. The number of amides is 1. The second-order valence-electron chi connectivity index (χ2n) is 6.49. The molecule has 0 radical (unpaired) electrons. The molecule has 0 saturated heterocycles. The molecule has 1 amide bonds. The van der Waals surface area contributed by atoms with Crippen LogP contribution >= 0.6 is 0 Å². The van der Waals surface area contributed by atoms with Crippen LogP contribution in [0.15, 0.2) is 42.7 Å². The first-order valence-electron chi connectivity index (χ1n) is 7.93. The molecule has 0 aliphatic heterocycles. The number of aromatic nitrogens is 3. The van der Waals surface area contributed by atoms with Gasteiger partial charge in [0.15, 0.2) is 5.65 Å². The monoisotopic (exact) mass is 340 g/mol. The van der Waals surface area contributed by atoms with Crippen LogP contribution in [0.1, 0.15) is 37.9 Å². The molecule has 3 rings (SSSR count). The highest BCUT2D eigenvalue weighted by molar-refractivity contribution is 5.69. The Bertz CT molecular complexity index is 927. The highest BCUT2D eigenvalue weighted by Gasteiger charge is 2.20. The van der Waals surface area contributed by atoms with E-state index in [1.807, 2.05) is 30.3 Å². The number of hydrogen-bond acceptors (Lipinski definition) is 4. The van der Waals surface area contributed by atoms with Gasteiger partial charge in [-0.25, -0.2) is 14.3 Å². The van der Waals surface area contributed by atoms with Gasteiger partial charge in [-0.05, 0) is 38.5 Å². The Kier molecular flexibility index (Phi) is 4.18. The standard InChI is InChI=1S/C18H20N4O3/c1-11(20-17(23)24)14-10-15-19-7-8-22(15)21-16(14)12-5-4-6-13(9-12)18(2,3)25/h4-11,20,25H,1-3H3,(H,23,24). The molecular formula is C18H20N4O3. The van der Waals surface area contributed by atoms with E-state index < -0.39 is 17.7 Å². The lowest BCUT2D eigenvalue weighted by atomic mass is 9.94. The summed E-state index contributed by atoms with van der Waals surface area (Å²) >= 11 is 0. The van der Waals surface area contributed by atoms with Gasteiger partial charge in [-0.1, -0.05) is 18.2 Å². The van der Waals surface area contributed by atoms with Crippen molar-refractivity contribution >= 4 is 11.7 Å². The maximum atomic E-state index is 11.0. The molecule has 0 saturated carbocycles. The number of fused-ring (bicyclic) bond motifs is 1. The first-order chi connectivity index (χ1) is 11.8. The van der Waals surface area contributed by atoms with Gasteiger partial charge in [-0.3, -0.25) is 0 Å². The number of carbonyl (C=O) groups is 1. The fraction of sp³-hybridized carbons (Fsp3) is 0.278. The van der Waals surface area contributed by atoms with E-state index in [1.54, 1.807) is 37.7 Å². The van der Waals surface area contributed by atoms with Gasteiger partial charge >= 0.3 is 6.09 Å². The third-order valence-electron chi connectivity index (χ3n) is 4.06. The molecule has 130 valence electrons. The highest BCUT2D eigenvalue weighted by Crippen LogP contribution is 2.30. The predicted molar refractivity (Wildman–Crippen MR) is 93.2 cm³/mol. The maximum absolute atomic E-state index is 11.0. The third kappa shape index (κ3) is 3.46. The van der Waals surface area contributed by atoms with Crippen LogP contribution in [-0.2, 0) is 5.60 Å². The van der Waals surface area contributed by atoms with Crippen molar-refractivity contribution in [3.05, 3.63) is 53.9 Å². The summed E-state index contributed by atoms with van der Waals surface area (Å²) in [5, 5.41) is 26.4. The lowest BCUT2D eigenvalue weighted by molar-refractivity contribution is 0.0786. The van der Waals surface area contributed by atoms with E-state index in [4.69, 9.17) is 5.11 Å². The molecule has 0 aliphatic rings. The number of imidazole rings is 1. The molecule has 0 bridgehead atoms. The topological polar surface area (TPSA) is 99.8 Å². The number of hydrogen-bond donors (Lipinski definition) is 3. The molecule has 3 N–H and O–H groups in total. The third-order valence-corrected chi connectivity index (χ3v) is 4.06. The average molecular weight is 340 g/mol. The summed E-state index contributed by atoms with van der Waals surface area (Å²) in [6.45, 7) is 5.19. The SMILES string of the molecule is CC(NC(=O)O)c1cc2nccn2nc1-c1cccc(C(C)(C)O)c1.